The molecule has 1 aliphatic rings. The molecule has 1 N–H and O–H groups in total. The maximum atomic E-state index is 5.61. The van der Waals surface area contributed by atoms with Gasteiger partial charge in [-0.15, -0.1) is 0 Å². The Labute approximate surface area is 126 Å². The van der Waals surface area contributed by atoms with Crippen molar-refractivity contribution in [3.63, 3.8) is 0 Å². The van der Waals surface area contributed by atoms with Crippen LogP contribution in [-0.2, 0) is 4.74 Å². The van der Waals surface area contributed by atoms with Gasteiger partial charge in [-0.1, -0.05) is 13.8 Å². The van der Waals surface area contributed by atoms with Crippen LogP contribution in [0.15, 0.2) is 0 Å². The van der Waals surface area contributed by atoms with Crippen LogP contribution in [0.5, 0.6) is 0 Å². The first-order valence-corrected chi connectivity index (χ1v) is 8.65. The predicted octanol–water partition coefficient (Wildman–Crippen LogP) is 3.29. The van der Waals surface area contributed by atoms with Gasteiger partial charge in [-0.25, -0.2) is 0 Å². The molecular weight excluding hydrogens is 248 g/mol. The zero-order chi connectivity index (χ0) is 15.0. The number of rotatable bonds is 9. The zero-order valence-corrected chi connectivity index (χ0v) is 14.3. The van der Waals surface area contributed by atoms with Crippen molar-refractivity contribution in [2.75, 3.05) is 26.2 Å². The third kappa shape index (κ3) is 6.11. The van der Waals surface area contributed by atoms with E-state index in [1.165, 1.54) is 38.8 Å². The molecule has 0 spiro atoms. The van der Waals surface area contributed by atoms with Crippen LogP contribution in [0.25, 0.3) is 0 Å². The summed E-state index contributed by atoms with van der Waals surface area (Å²) in [5.41, 5.74) is 0. The Morgan fingerprint density at radius 1 is 1.25 bits per heavy atom. The van der Waals surface area contributed by atoms with Gasteiger partial charge in [-0.2, -0.15) is 0 Å². The van der Waals surface area contributed by atoms with Crippen LogP contribution in [0.3, 0.4) is 0 Å². The summed E-state index contributed by atoms with van der Waals surface area (Å²) in [5, 5.41) is 3.71. The molecule has 0 aromatic carbocycles. The monoisotopic (exact) mass is 284 g/mol. The third-order valence-corrected chi connectivity index (χ3v) is 4.65. The van der Waals surface area contributed by atoms with Crippen molar-refractivity contribution >= 4 is 0 Å². The second kappa shape index (κ2) is 9.75. The first-order chi connectivity index (χ1) is 9.56. The lowest BCUT2D eigenvalue weighted by molar-refractivity contribution is 0.0622. The molecular formula is C17H36N2O. The quantitative estimate of drug-likeness (QED) is 0.658. The number of nitrogens with zero attached hydrogens (tertiary/aromatic N) is 1. The minimum Gasteiger partial charge on any atom is -0.379 e. The number of likely N-dealkylation sites (tertiary alicyclic amines) is 1. The van der Waals surface area contributed by atoms with Gasteiger partial charge in [-0.3, -0.25) is 0 Å². The van der Waals surface area contributed by atoms with E-state index in [2.05, 4.69) is 44.8 Å². The van der Waals surface area contributed by atoms with E-state index in [4.69, 9.17) is 4.74 Å². The number of piperidine rings is 1. The van der Waals surface area contributed by atoms with E-state index < -0.39 is 0 Å². The Balaban J connectivity index is 2.21. The maximum Gasteiger partial charge on any atom is 0.0518 e. The number of unbranched alkanes of at least 4 members (excludes halogenated alkanes) is 1. The van der Waals surface area contributed by atoms with Crippen LogP contribution >= 0.6 is 0 Å². The molecule has 1 saturated heterocycles. The van der Waals surface area contributed by atoms with Crippen LogP contribution in [0, 0.1) is 5.92 Å². The fourth-order valence-electron chi connectivity index (χ4n) is 3.11. The summed E-state index contributed by atoms with van der Waals surface area (Å²) in [6.07, 6.45) is 5.35. The highest BCUT2D eigenvalue weighted by molar-refractivity contribution is 4.88. The Kier molecular flexibility index (Phi) is 8.74. The van der Waals surface area contributed by atoms with E-state index in [1.807, 2.05) is 0 Å². The normalized spacial score (nSPS) is 28.2. The standard InChI is InChI=1S/C17H36N2O/c1-6-10-18-17-9-12-19(16(5)15(17)4)11-7-8-13-20-14(2)3/h14-18H,6-13H2,1-5H3. The van der Waals surface area contributed by atoms with Crippen molar-refractivity contribution in [3.8, 4) is 0 Å². The molecule has 0 aromatic rings. The molecule has 120 valence electrons. The van der Waals surface area contributed by atoms with Gasteiger partial charge < -0.3 is 15.0 Å². The summed E-state index contributed by atoms with van der Waals surface area (Å²) in [6.45, 7) is 15.8. The second-order valence-electron chi connectivity index (χ2n) is 6.61. The zero-order valence-electron chi connectivity index (χ0n) is 14.3. The smallest absolute Gasteiger partial charge is 0.0518 e. The molecule has 20 heavy (non-hydrogen) atoms. The summed E-state index contributed by atoms with van der Waals surface area (Å²) in [4.78, 5) is 2.67. The minimum absolute atomic E-state index is 0.370. The molecule has 0 bridgehead atoms. The van der Waals surface area contributed by atoms with Gasteiger partial charge in [0.25, 0.3) is 0 Å². The van der Waals surface area contributed by atoms with Crippen LogP contribution in [0.2, 0.25) is 0 Å². The summed E-state index contributed by atoms with van der Waals surface area (Å²) in [7, 11) is 0. The highest BCUT2D eigenvalue weighted by Crippen LogP contribution is 2.24. The molecule has 3 heteroatoms. The lowest BCUT2D eigenvalue weighted by atomic mass is 9.87. The first kappa shape index (κ1) is 17.9. The maximum absolute atomic E-state index is 5.61. The van der Waals surface area contributed by atoms with Crippen LogP contribution in [-0.4, -0.2) is 49.3 Å². The van der Waals surface area contributed by atoms with Gasteiger partial charge in [0, 0.05) is 18.7 Å². The highest BCUT2D eigenvalue weighted by atomic mass is 16.5. The number of nitrogens with one attached hydrogen (secondary N) is 1. The van der Waals surface area contributed by atoms with Gasteiger partial charge in [-0.05, 0) is 72.0 Å². The summed E-state index contributed by atoms with van der Waals surface area (Å²) >= 11 is 0. The van der Waals surface area contributed by atoms with E-state index >= 15 is 0 Å². The molecule has 0 saturated carbocycles. The molecule has 0 aromatic heterocycles. The molecule has 1 heterocycles. The number of hydrogen-bond donors (Lipinski definition) is 1. The molecule has 3 unspecified atom stereocenters. The van der Waals surface area contributed by atoms with E-state index in [9.17, 15) is 0 Å². The van der Waals surface area contributed by atoms with Gasteiger partial charge in [0.15, 0.2) is 0 Å². The molecule has 1 fully saturated rings. The molecule has 3 nitrogen and oxygen atoms in total. The summed E-state index contributed by atoms with van der Waals surface area (Å²) < 4.78 is 5.61. The van der Waals surface area contributed by atoms with E-state index in [0.29, 0.717) is 18.2 Å². The summed E-state index contributed by atoms with van der Waals surface area (Å²) in [5.74, 6) is 0.752. The third-order valence-electron chi connectivity index (χ3n) is 4.65. The van der Waals surface area contributed by atoms with Crippen LogP contribution < -0.4 is 5.32 Å². The van der Waals surface area contributed by atoms with Crippen molar-refractivity contribution in [3.05, 3.63) is 0 Å². The topological polar surface area (TPSA) is 24.5 Å². The molecule has 1 rings (SSSR count). The van der Waals surface area contributed by atoms with Crippen molar-refractivity contribution in [2.24, 2.45) is 5.92 Å². The fourth-order valence-corrected chi connectivity index (χ4v) is 3.11. The SMILES string of the molecule is CCCNC1CCN(CCCCOC(C)C)C(C)C1C. The number of hydrogen-bond acceptors (Lipinski definition) is 3. The van der Waals surface area contributed by atoms with Crippen LogP contribution in [0.4, 0.5) is 0 Å². The van der Waals surface area contributed by atoms with Crippen molar-refractivity contribution in [2.45, 2.75) is 78.5 Å². The lowest BCUT2D eigenvalue weighted by Crippen LogP contribution is -2.53. The van der Waals surface area contributed by atoms with Gasteiger partial charge in [0.05, 0.1) is 6.10 Å². The average molecular weight is 284 g/mol. The number of ether oxygens (including phenoxy) is 1. The molecule has 0 amide bonds. The van der Waals surface area contributed by atoms with E-state index in [0.717, 1.165) is 19.1 Å². The Bertz CT molecular complexity index is 245. The van der Waals surface area contributed by atoms with E-state index in [-0.39, 0.29) is 0 Å². The van der Waals surface area contributed by atoms with Crippen molar-refractivity contribution in [1.82, 2.24) is 10.2 Å². The first-order valence-electron chi connectivity index (χ1n) is 8.65. The minimum atomic E-state index is 0.370. The summed E-state index contributed by atoms with van der Waals surface area (Å²) in [6, 6.07) is 1.41. The van der Waals surface area contributed by atoms with Crippen LogP contribution in [0.1, 0.15) is 60.3 Å². The molecule has 0 aliphatic carbocycles. The predicted molar refractivity (Wildman–Crippen MR) is 87.2 cm³/mol. The Morgan fingerprint density at radius 2 is 2.00 bits per heavy atom. The molecule has 1 aliphatic heterocycles. The van der Waals surface area contributed by atoms with Gasteiger partial charge in [0.2, 0.25) is 0 Å². The molecule has 3 atom stereocenters. The molecule has 0 radical (unpaired) electrons. The van der Waals surface area contributed by atoms with Gasteiger partial charge >= 0.3 is 0 Å². The second-order valence-corrected chi connectivity index (χ2v) is 6.61. The average Bonchev–Trinajstić information content (AvgIpc) is 2.41. The lowest BCUT2D eigenvalue weighted by Gasteiger charge is -2.43. The van der Waals surface area contributed by atoms with Crippen molar-refractivity contribution < 1.29 is 4.74 Å². The Morgan fingerprint density at radius 3 is 2.65 bits per heavy atom. The van der Waals surface area contributed by atoms with E-state index in [1.54, 1.807) is 0 Å². The highest BCUT2D eigenvalue weighted by Gasteiger charge is 2.31. The Hall–Kier alpha value is -0.120. The largest absolute Gasteiger partial charge is 0.379 e. The van der Waals surface area contributed by atoms with Crippen molar-refractivity contribution in [1.29, 1.82) is 0 Å². The van der Waals surface area contributed by atoms with Gasteiger partial charge in [0.1, 0.15) is 0 Å². The fraction of sp³-hybridized carbons (Fsp3) is 1.00.